The third kappa shape index (κ3) is 2.69. The molecule has 7 heteroatoms. The second-order valence-electron chi connectivity index (χ2n) is 3.48. The number of carbonyl (C=O) groups is 2. The van der Waals surface area contributed by atoms with Gasteiger partial charge in [-0.3, -0.25) is 10.1 Å². The number of amides is 1. The second-order valence-corrected chi connectivity index (χ2v) is 4.24. The standard InChI is InChI=1S/C11H9N3O3S/c1-6-12-11(18-14-6)13-9(15)7-2-4-8(5-3-7)10(16)17/h2-5H,1H3,(H,16,17)(H,12,13,14,15). The van der Waals surface area contributed by atoms with Crippen molar-refractivity contribution >= 4 is 28.5 Å². The lowest BCUT2D eigenvalue weighted by Gasteiger charge is -2.01. The van der Waals surface area contributed by atoms with Crippen LogP contribution < -0.4 is 5.32 Å². The molecule has 0 unspecified atom stereocenters. The van der Waals surface area contributed by atoms with Crippen LogP contribution in [0.15, 0.2) is 24.3 Å². The Morgan fingerprint density at radius 2 is 1.83 bits per heavy atom. The van der Waals surface area contributed by atoms with Crippen molar-refractivity contribution in [3.05, 3.63) is 41.2 Å². The minimum atomic E-state index is -1.03. The maximum Gasteiger partial charge on any atom is 0.335 e. The van der Waals surface area contributed by atoms with Gasteiger partial charge in [-0.05, 0) is 31.2 Å². The van der Waals surface area contributed by atoms with Crippen LogP contribution in [-0.4, -0.2) is 26.3 Å². The third-order valence-corrected chi connectivity index (χ3v) is 2.86. The summed E-state index contributed by atoms with van der Waals surface area (Å²) in [6.45, 7) is 1.73. The van der Waals surface area contributed by atoms with Gasteiger partial charge in [0.1, 0.15) is 5.82 Å². The number of hydrogen-bond donors (Lipinski definition) is 2. The van der Waals surface area contributed by atoms with Crippen molar-refractivity contribution in [2.24, 2.45) is 0 Å². The summed E-state index contributed by atoms with van der Waals surface area (Å²) in [5.41, 5.74) is 0.506. The number of aromatic nitrogens is 2. The van der Waals surface area contributed by atoms with E-state index in [-0.39, 0.29) is 11.5 Å². The van der Waals surface area contributed by atoms with Crippen LogP contribution in [0.25, 0.3) is 0 Å². The van der Waals surface area contributed by atoms with E-state index in [1.165, 1.54) is 24.3 Å². The van der Waals surface area contributed by atoms with Crippen LogP contribution in [0.3, 0.4) is 0 Å². The summed E-state index contributed by atoms with van der Waals surface area (Å²) in [4.78, 5) is 26.4. The molecule has 1 amide bonds. The van der Waals surface area contributed by atoms with E-state index in [4.69, 9.17) is 5.11 Å². The van der Waals surface area contributed by atoms with Crippen molar-refractivity contribution in [3.8, 4) is 0 Å². The molecule has 0 saturated carbocycles. The third-order valence-electron chi connectivity index (χ3n) is 2.14. The molecule has 0 fully saturated rings. The fourth-order valence-electron chi connectivity index (χ4n) is 1.28. The molecule has 18 heavy (non-hydrogen) atoms. The minimum Gasteiger partial charge on any atom is -0.478 e. The van der Waals surface area contributed by atoms with Gasteiger partial charge >= 0.3 is 5.97 Å². The summed E-state index contributed by atoms with van der Waals surface area (Å²) < 4.78 is 3.94. The number of aryl methyl sites for hydroxylation is 1. The van der Waals surface area contributed by atoms with Crippen LogP contribution in [-0.2, 0) is 0 Å². The first-order chi connectivity index (χ1) is 8.56. The van der Waals surface area contributed by atoms with E-state index in [0.29, 0.717) is 16.5 Å². The van der Waals surface area contributed by atoms with Gasteiger partial charge in [0.25, 0.3) is 5.91 Å². The summed E-state index contributed by atoms with van der Waals surface area (Å²) >= 11 is 1.09. The van der Waals surface area contributed by atoms with Gasteiger partial charge in [0.15, 0.2) is 0 Å². The van der Waals surface area contributed by atoms with E-state index in [2.05, 4.69) is 14.7 Å². The molecule has 0 aliphatic carbocycles. The number of benzene rings is 1. The minimum absolute atomic E-state index is 0.137. The fourth-order valence-corrected chi connectivity index (χ4v) is 1.85. The summed E-state index contributed by atoms with van der Waals surface area (Å²) in [5.74, 6) is -0.777. The van der Waals surface area contributed by atoms with E-state index < -0.39 is 5.97 Å². The highest BCUT2D eigenvalue weighted by atomic mass is 32.1. The van der Waals surface area contributed by atoms with Crippen LogP contribution in [0.2, 0.25) is 0 Å². The zero-order chi connectivity index (χ0) is 13.1. The Morgan fingerprint density at radius 1 is 1.22 bits per heavy atom. The number of hydrogen-bond acceptors (Lipinski definition) is 5. The number of anilines is 1. The summed E-state index contributed by atoms with van der Waals surface area (Å²) in [6.07, 6.45) is 0. The van der Waals surface area contributed by atoms with E-state index in [9.17, 15) is 9.59 Å². The zero-order valence-corrected chi connectivity index (χ0v) is 10.2. The molecule has 0 saturated heterocycles. The first-order valence-electron chi connectivity index (χ1n) is 5.01. The summed E-state index contributed by atoms with van der Waals surface area (Å²) in [5, 5.41) is 11.7. The average molecular weight is 263 g/mol. The average Bonchev–Trinajstić information content (AvgIpc) is 2.75. The van der Waals surface area contributed by atoms with Crippen molar-refractivity contribution < 1.29 is 14.7 Å². The van der Waals surface area contributed by atoms with E-state index >= 15 is 0 Å². The van der Waals surface area contributed by atoms with Crippen molar-refractivity contribution in [2.75, 3.05) is 5.32 Å². The van der Waals surface area contributed by atoms with E-state index in [1.807, 2.05) is 0 Å². The Balaban J connectivity index is 2.11. The zero-order valence-electron chi connectivity index (χ0n) is 9.38. The number of nitrogens with one attached hydrogen (secondary N) is 1. The Morgan fingerprint density at radius 3 is 2.33 bits per heavy atom. The Hall–Kier alpha value is -2.28. The highest BCUT2D eigenvalue weighted by Crippen LogP contribution is 2.12. The second kappa shape index (κ2) is 4.92. The first kappa shape index (κ1) is 12.2. The van der Waals surface area contributed by atoms with Gasteiger partial charge < -0.3 is 5.11 Å². The van der Waals surface area contributed by atoms with Crippen molar-refractivity contribution in [2.45, 2.75) is 6.92 Å². The van der Waals surface area contributed by atoms with Gasteiger partial charge in [0.2, 0.25) is 5.13 Å². The Bertz CT molecular complexity index is 592. The van der Waals surface area contributed by atoms with Gasteiger partial charge in [0.05, 0.1) is 5.56 Å². The highest BCUT2D eigenvalue weighted by Gasteiger charge is 2.10. The van der Waals surface area contributed by atoms with Crippen LogP contribution >= 0.6 is 11.5 Å². The molecule has 1 heterocycles. The predicted octanol–water partition coefficient (Wildman–Crippen LogP) is 1.80. The number of carboxylic acids is 1. The van der Waals surface area contributed by atoms with E-state index in [1.54, 1.807) is 6.92 Å². The molecular weight excluding hydrogens is 254 g/mol. The van der Waals surface area contributed by atoms with Gasteiger partial charge in [-0.15, -0.1) is 0 Å². The van der Waals surface area contributed by atoms with Gasteiger partial charge in [-0.1, -0.05) is 0 Å². The highest BCUT2D eigenvalue weighted by molar-refractivity contribution is 7.09. The molecule has 0 aliphatic rings. The number of carbonyl (C=O) groups excluding carboxylic acids is 1. The molecule has 0 spiro atoms. The predicted molar refractivity (Wildman–Crippen MR) is 66.0 cm³/mol. The molecule has 0 bridgehead atoms. The quantitative estimate of drug-likeness (QED) is 0.880. The molecule has 2 rings (SSSR count). The maximum atomic E-state index is 11.8. The number of nitrogens with zero attached hydrogens (tertiary/aromatic N) is 2. The monoisotopic (exact) mass is 263 g/mol. The lowest BCUT2D eigenvalue weighted by Crippen LogP contribution is -2.12. The van der Waals surface area contributed by atoms with Crippen molar-refractivity contribution in [1.29, 1.82) is 0 Å². The van der Waals surface area contributed by atoms with Crippen molar-refractivity contribution in [1.82, 2.24) is 9.36 Å². The van der Waals surface area contributed by atoms with Crippen LogP contribution in [0, 0.1) is 6.92 Å². The van der Waals surface area contributed by atoms with Crippen molar-refractivity contribution in [3.63, 3.8) is 0 Å². The topological polar surface area (TPSA) is 92.2 Å². The lowest BCUT2D eigenvalue weighted by atomic mass is 10.1. The van der Waals surface area contributed by atoms with Crippen LogP contribution in [0.5, 0.6) is 0 Å². The molecule has 6 nitrogen and oxygen atoms in total. The Kier molecular flexibility index (Phi) is 3.33. The molecular formula is C11H9N3O3S. The normalized spacial score (nSPS) is 10.1. The van der Waals surface area contributed by atoms with E-state index in [0.717, 1.165) is 11.5 Å². The maximum absolute atomic E-state index is 11.8. The fraction of sp³-hybridized carbons (Fsp3) is 0.0909. The molecule has 0 radical (unpaired) electrons. The number of rotatable bonds is 3. The van der Waals surface area contributed by atoms with Gasteiger partial charge in [-0.25, -0.2) is 9.78 Å². The lowest BCUT2D eigenvalue weighted by molar-refractivity contribution is 0.0696. The Labute approximate surface area is 106 Å². The van der Waals surface area contributed by atoms with Gasteiger partial charge in [0, 0.05) is 17.1 Å². The smallest absolute Gasteiger partial charge is 0.335 e. The SMILES string of the molecule is Cc1nsc(NC(=O)c2ccc(C(=O)O)cc2)n1. The number of carboxylic acid groups (broad SMARTS) is 1. The largest absolute Gasteiger partial charge is 0.478 e. The molecule has 2 N–H and O–H groups in total. The molecule has 0 aliphatic heterocycles. The summed E-state index contributed by atoms with van der Waals surface area (Å²) in [7, 11) is 0. The molecule has 1 aromatic heterocycles. The van der Waals surface area contributed by atoms with Crippen LogP contribution in [0.1, 0.15) is 26.5 Å². The van der Waals surface area contributed by atoms with Gasteiger partial charge in [-0.2, -0.15) is 4.37 Å². The molecule has 1 aromatic carbocycles. The van der Waals surface area contributed by atoms with Crippen LogP contribution in [0.4, 0.5) is 5.13 Å². The summed E-state index contributed by atoms with van der Waals surface area (Å²) in [6, 6.07) is 5.66. The molecule has 92 valence electrons. The first-order valence-corrected chi connectivity index (χ1v) is 5.78. The number of aromatic carboxylic acids is 1. The molecule has 0 atom stereocenters. The molecule has 2 aromatic rings.